The molecule has 5 nitrogen and oxygen atoms in total. The number of nitrogens with one attached hydrogen (secondary N) is 2. The molecule has 6 heteroatoms. The van der Waals surface area contributed by atoms with E-state index in [4.69, 9.17) is 9.72 Å². The number of imidazole rings is 1. The highest BCUT2D eigenvalue weighted by Crippen LogP contribution is 2.38. The lowest BCUT2D eigenvalue weighted by Crippen LogP contribution is -2.51. The molecule has 3 heterocycles. The average molecular weight is 479 g/mol. The zero-order valence-corrected chi connectivity index (χ0v) is 21.5. The number of methoxy groups -OCH3 is 1. The first-order valence-corrected chi connectivity index (χ1v) is 13.2. The van der Waals surface area contributed by atoms with Crippen molar-refractivity contribution < 1.29 is 9.13 Å². The monoisotopic (exact) mass is 478 g/mol. The van der Waals surface area contributed by atoms with E-state index >= 15 is 0 Å². The molecule has 0 bridgehead atoms. The molecule has 5 rings (SSSR count). The lowest BCUT2D eigenvalue weighted by Gasteiger charge is -2.46. The Morgan fingerprint density at radius 3 is 2.66 bits per heavy atom. The first-order valence-electron chi connectivity index (χ1n) is 13.2. The molecule has 2 fully saturated rings. The summed E-state index contributed by atoms with van der Waals surface area (Å²) in [6, 6.07) is 11.0. The summed E-state index contributed by atoms with van der Waals surface area (Å²) in [5.74, 6) is 1.83. The van der Waals surface area contributed by atoms with Gasteiger partial charge in [0.2, 0.25) is 0 Å². The van der Waals surface area contributed by atoms with Gasteiger partial charge in [0.15, 0.2) is 11.6 Å². The highest BCUT2D eigenvalue weighted by atomic mass is 19.1. The molecule has 35 heavy (non-hydrogen) atoms. The van der Waals surface area contributed by atoms with Crippen LogP contribution in [0.5, 0.6) is 5.75 Å². The molecule has 1 aromatic heterocycles. The van der Waals surface area contributed by atoms with Crippen molar-refractivity contribution in [2.45, 2.75) is 70.9 Å². The maximum Gasteiger partial charge on any atom is 0.165 e. The van der Waals surface area contributed by atoms with E-state index in [1.165, 1.54) is 63.0 Å². The molecular formula is C29H39FN4O. The molecule has 2 aliphatic heterocycles. The highest BCUT2D eigenvalue weighted by molar-refractivity contribution is 5.83. The Balaban J connectivity index is 1.40. The van der Waals surface area contributed by atoms with Crippen molar-refractivity contribution in [3.63, 3.8) is 0 Å². The molecular weight excluding hydrogens is 439 g/mol. The second-order valence-corrected chi connectivity index (χ2v) is 10.9. The lowest BCUT2D eigenvalue weighted by molar-refractivity contribution is 0.0562. The van der Waals surface area contributed by atoms with Crippen molar-refractivity contribution in [1.29, 1.82) is 0 Å². The van der Waals surface area contributed by atoms with Crippen LogP contribution in [0.1, 0.15) is 63.0 Å². The zero-order valence-electron chi connectivity index (χ0n) is 21.5. The molecule has 3 aromatic rings. The van der Waals surface area contributed by atoms with Crippen LogP contribution in [0.4, 0.5) is 4.39 Å². The predicted octanol–water partition coefficient (Wildman–Crippen LogP) is 6.03. The van der Waals surface area contributed by atoms with E-state index in [2.05, 4.69) is 48.1 Å². The minimum absolute atomic E-state index is 0.245. The van der Waals surface area contributed by atoms with Gasteiger partial charge in [-0.05, 0) is 106 Å². The molecule has 0 spiro atoms. The summed E-state index contributed by atoms with van der Waals surface area (Å²) in [6.07, 6.45) is 6.23. The van der Waals surface area contributed by atoms with Crippen LogP contribution in [0, 0.1) is 18.7 Å². The third-order valence-corrected chi connectivity index (χ3v) is 7.98. The Bertz CT molecular complexity index is 1170. The molecule has 1 unspecified atom stereocenters. The van der Waals surface area contributed by atoms with Crippen LogP contribution in [0.15, 0.2) is 30.3 Å². The molecule has 0 saturated carbocycles. The van der Waals surface area contributed by atoms with Crippen LogP contribution in [0.2, 0.25) is 0 Å². The maximum absolute atomic E-state index is 14.3. The van der Waals surface area contributed by atoms with E-state index in [1.54, 1.807) is 6.07 Å². The number of fused-ring (bicyclic) bond motifs is 1. The van der Waals surface area contributed by atoms with Gasteiger partial charge < -0.3 is 15.0 Å². The summed E-state index contributed by atoms with van der Waals surface area (Å²) in [6.45, 7) is 10.3. The van der Waals surface area contributed by atoms with Crippen molar-refractivity contribution in [2.75, 3.05) is 26.7 Å². The number of piperidine rings is 2. The van der Waals surface area contributed by atoms with Gasteiger partial charge in [-0.25, -0.2) is 9.37 Å². The topological polar surface area (TPSA) is 53.2 Å². The fraction of sp³-hybridized carbons (Fsp3) is 0.552. The van der Waals surface area contributed by atoms with Gasteiger partial charge in [0, 0.05) is 17.6 Å². The van der Waals surface area contributed by atoms with Gasteiger partial charge in [-0.15, -0.1) is 0 Å². The van der Waals surface area contributed by atoms with Crippen molar-refractivity contribution in [3.05, 3.63) is 47.3 Å². The van der Waals surface area contributed by atoms with E-state index in [9.17, 15) is 4.39 Å². The predicted molar refractivity (Wildman–Crippen MR) is 141 cm³/mol. The van der Waals surface area contributed by atoms with Gasteiger partial charge in [-0.1, -0.05) is 19.9 Å². The lowest BCUT2D eigenvalue weighted by atomic mass is 9.80. The van der Waals surface area contributed by atoms with Crippen LogP contribution in [-0.2, 0) is 0 Å². The van der Waals surface area contributed by atoms with Crippen molar-refractivity contribution >= 4 is 11.0 Å². The molecule has 2 aromatic carbocycles. The smallest absolute Gasteiger partial charge is 0.165 e. The fourth-order valence-corrected chi connectivity index (χ4v) is 6.27. The number of ether oxygens (including phenoxy) is 1. The van der Waals surface area contributed by atoms with Gasteiger partial charge in [0.25, 0.3) is 0 Å². The van der Waals surface area contributed by atoms with Crippen molar-refractivity contribution in [2.24, 2.45) is 5.92 Å². The molecule has 2 N–H and O–H groups in total. The maximum atomic E-state index is 14.3. The summed E-state index contributed by atoms with van der Waals surface area (Å²) < 4.78 is 19.4. The van der Waals surface area contributed by atoms with Crippen LogP contribution in [0.3, 0.4) is 0 Å². The third-order valence-electron chi connectivity index (χ3n) is 7.98. The first-order chi connectivity index (χ1) is 16.9. The molecule has 2 atom stereocenters. The Hall–Kier alpha value is -2.44. The number of benzene rings is 2. The van der Waals surface area contributed by atoms with Gasteiger partial charge in [0.1, 0.15) is 5.82 Å². The minimum atomic E-state index is -0.375. The van der Waals surface area contributed by atoms with Crippen LogP contribution in [0.25, 0.3) is 22.4 Å². The molecule has 188 valence electrons. The Kier molecular flexibility index (Phi) is 7.12. The number of likely N-dealkylation sites (tertiary alicyclic amines) is 1. The summed E-state index contributed by atoms with van der Waals surface area (Å²) in [5, 5.41) is 3.53. The molecule has 0 amide bonds. The van der Waals surface area contributed by atoms with E-state index < -0.39 is 0 Å². The Labute approximate surface area is 208 Å². The average Bonchev–Trinajstić information content (AvgIpc) is 3.29. The molecule has 2 saturated heterocycles. The number of hydrogen-bond donors (Lipinski definition) is 2. The second kappa shape index (κ2) is 10.3. The van der Waals surface area contributed by atoms with Crippen LogP contribution < -0.4 is 10.1 Å². The van der Waals surface area contributed by atoms with Crippen LogP contribution >= 0.6 is 0 Å². The van der Waals surface area contributed by atoms with E-state index in [0.717, 1.165) is 35.7 Å². The van der Waals surface area contributed by atoms with Gasteiger partial charge in [-0.2, -0.15) is 0 Å². The summed E-state index contributed by atoms with van der Waals surface area (Å²) in [7, 11) is 1.48. The van der Waals surface area contributed by atoms with Gasteiger partial charge in [-0.3, -0.25) is 4.90 Å². The normalized spacial score (nSPS) is 22.2. The number of halogens is 1. The number of nitrogens with zero attached hydrogens (tertiary/aromatic N) is 2. The van der Waals surface area contributed by atoms with Gasteiger partial charge >= 0.3 is 0 Å². The molecule has 0 aliphatic carbocycles. The third kappa shape index (κ3) is 5.10. The number of H-pyrrole nitrogens is 1. The summed E-state index contributed by atoms with van der Waals surface area (Å²) in [4.78, 5) is 11.1. The van der Waals surface area contributed by atoms with E-state index in [-0.39, 0.29) is 11.6 Å². The highest BCUT2D eigenvalue weighted by Gasteiger charge is 2.34. The van der Waals surface area contributed by atoms with E-state index in [0.29, 0.717) is 23.7 Å². The second-order valence-electron chi connectivity index (χ2n) is 10.9. The number of hydrogen-bond acceptors (Lipinski definition) is 4. The summed E-state index contributed by atoms with van der Waals surface area (Å²) >= 11 is 0. The molecule has 2 aliphatic rings. The fourth-order valence-electron chi connectivity index (χ4n) is 6.27. The molecule has 0 radical (unpaired) electrons. The zero-order chi connectivity index (χ0) is 24.5. The van der Waals surface area contributed by atoms with Crippen molar-refractivity contribution in [3.8, 4) is 17.1 Å². The Morgan fingerprint density at radius 1 is 1.14 bits per heavy atom. The number of aromatic nitrogens is 2. The minimum Gasteiger partial charge on any atom is -0.494 e. The Morgan fingerprint density at radius 2 is 1.94 bits per heavy atom. The van der Waals surface area contributed by atoms with Crippen molar-refractivity contribution in [1.82, 2.24) is 20.2 Å². The number of aryl methyl sites for hydroxylation is 1. The quantitative estimate of drug-likeness (QED) is 0.454. The summed E-state index contributed by atoms with van der Waals surface area (Å²) in [5.41, 5.74) is 5.31. The number of aromatic amines is 1. The standard InChI is InChI=1S/C29H39FN4O/c1-18(2)13-24-15-20(9-12-34(24)23-7-10-31-11-8-23)22-14-19(3)28-26(17-22)32-29(33-28)21-5-6-27(35-4)25(30)16-21/h5-6,14,16-18,20,23-24,31H,7-13,15H2,1-4H3,(H,32,33)/t20?,24-/m1/s1. The van der Waals surface area contributed by atoms with Crippen LogP contribution in [-0.4, -0.2) is 53.7 Å². The first kappa shape index (κ1) is 24.3. The SMILES string of the molecule is COc1ccc(-c2nc3c(C)cc(C4CCN(C5CCNCC5)[C@H](CC(C)C)C4)cc3[nH]2)cc1F. The number of rotatable bonds is 6. The van der Waals surface area contributed by atoms with E-state index in [1.807, 2.05) is 6.07 Å². The van der Waals surface area contributed by atoms with Gasteiger partial charge in [0.05, 0.1) is 18.1 Å². The largest absolute Gasteiger partial charge is 0.494 e.